The Morgan fingerprint density at radius 1 is 1.38 bits per heavy atom. The molecule has 0 bridgehead atoms. The second-order valence-electron chi connectivity index (χ2n) is 4.87. The number of carbonyl (C=O) groups is 1. The van der Waals surface area contributed by atoms with Crippen LogP contribution >= 0.6 is 24.0 Å². The number of likely N-dealkylation sites (N-methyl/N-ethyl adjacent to an activating group) is 2. The molecule has 5 nitrogen and oxygen atoms in total. The molecule has 6 heteroatoms. The molecular weight excluding hydrogens is 379 g/mol. The van der Waals surface area contributed by atoms with Gasteiger partial charge in [0.2, 0.25) is 5.91 Å². The standard InChI is InChI=1S/C15H22N4O.HI/c1-3-19(12-13-7-5-4-6-8-13)14(20)11-17-15-16-9-10-18(15)2;/h4-8H,3,9-12H2,1-2H3,(H,16,17);1H. The monoisotopic (exact) mass is 402 g/mol. The third-order valence-electron chi connectivity index (χ3n) is 3.41. The van der Waals surface area contributed by atoms with Crippen LogP contribution < -0.4 is 5.32 Å². The van der Waals surface area contributed by atoms with Crippen molar-refractivity contribution in [2.24, 2.45) is 4.99 Å². The first kappa shape index (κ1) is 17.7. The third-order valence-corrected chi connectivity index (χ3v) is 3.41. The van der Waals surface area contributed by atoms with Crippen LogP contribution in [0.5, 0.6) is 0 Å². The summed E-state index contributed by atoms with van der Waals surface area (Å²) >= 11 is 0. The van der Waals surface area contributed by atoms with Crippen molar-refractivity contribution in [1.82, 2.24) is 15.1 Å². The van der Waals surface area contributed by atoms with Gasteiger partial charge in [0.1, 0.15) is 0 Å². The number of guanidine groups is 1. The highest BCUT2D eigenvalue weighted by molar-refractivity contribution is 14.0. The largest absolute Gasteiger partial charge is 0.347 e. The lowest BCUT2D eigenvalue weighted by Gasteiger charge is -2.22. The molecule has 0 saturated heterocycles. The summed E-state index contributed by atoms with van der Waals surface area (Å²) in [6.45, 7) is 5.37. The number of carbonyl (C=O) groups excluding carboxylic acids is 1. The molecule has 116 valence electrons. The van der Waals surface area contributed by atoms with E-state index in [0.29, 0.717) is 19.6 Å². The van der Waals surface area contributed by atoms with Gasteiger partial charge in [-0.2, -0.15) is 0 Å². The Kier molecular flexibility index (Phi) is 7.49. The lowest BCUT2D eigenvalue weighted by Crippen LogP contribution is -2.43. The number of nitrogens with one attached hydrogen (secondary N) is 1. The van der Waals surface area contributed by atoms with Crippen LogP contribution in [0.25, 0.3) is 0 Å². The van der Waals surface area contributed by atoms with E-state index in [1.54, 1.807) is 0 Å². The van der Waals surface area contributed by atoms with Gasteiger partial charge in [0, 0.05) is 26.7 Å². The average molecular weight is 402 g/mol. The molecule has 0 aliphatic carbocycles. The van der Waals surface area contributed by atoms with Crippen molar-refractivity contribution in [3.05, 3.63) is 35.9 Å². The first-order chi connectivity index (χ1) is 9.70. The molecule has 1 N–H and O–H groups in total. The molecule has 1 aliphatic rings. The van der Waals surface area contributed by atoms with Gasteiger partial charge in [-0.15, -0.1) is 24.0 Å². The van der Waals surface area contributed by atoms with E-state index in [4.69, 9.17) is 0 Å². The summed E-state index contributed by atoms with van der Waals surface area (Å²) < 4.78 is 0. The second kappa shape index (κ2) is 8.86. The normalized spacial score (nSPS) is 13.4. The smallest absolute Gasteiger partial charge is 0.242 e. The van der Waals surface area contributed by atoms with E-state index >= 15 is 0 Å². The Morgan fingerprint density at radius 2 is 2.10 bits per heavy atom. The highest BCUT2D eigenvalue weighted by atomic mass is 127. The fourth-order valence-electron chi connectivity index (χ4n) is 2.17. The maximum absolute atomic E-state index is 12.2. The molecule has 1 heterocycles. The summed E-state index contributed by atoms with van der Waals surface area (Å²) in [6, 6.07) is 10.1. The summed E-state index contributed by atoms with van der Waals surface area (Å²) in [6.07, 6.45) is 0. The van der Waals surface area contributed by atoms with Crippen molar-refractivity contribution in [3.63, 3.8) is 0 Å². The van der Waals surface area contributed by atoms with Crippen LogP contribution in [0.1, 0.15) is 12.5 Å². The number of nitrogens with zero attached hydrogens (tertiary/aromatic N) is 3. The van der Waals surface area contributed by atoms with E-state index in [9.17, 15) is 4.79 Å². The fraction of sp³-hybridized carbons (Fsp3) is 0.467. The molecule has 21 heavy (non-hydrogen) atoms. The highest BCUT2D eigenvalue weighted by Gasteiger charge is 2.16. The summed E-state index contributed by atoms with van der Waals surface area (Å²) in [5.74, 6) is 0.911. The summed E-state index contributed by atoms with van der Waals surface area (Å²) in [5, 5.41) is 3.12. The molecule has 0 radical (unpaired) electrons. The van der Waals surface area contributed by atoms with E-state index in [1.165, 1.54) is 0 Å². The zero-order valence-corrected chi connectivity index (χ0v) is 14.9. The van der Waals surface area contributed by atoms with Gasteiger partial charge in [0.15, 0.2) is 5.96 Å². The van der Waals surface area contributed by atoms with Crippen LogP contribution in [0.2, 0.25) is 0 Å². The summed E-state index contributed by atoms with van der Waals surface area (Å²) in [7, 11) is 1.98. The maximum Gasteiger partial charge on any atom is 0.242 e. The number of hydrogen-bond acceptors (Lipinski definition) is 4. The molecular formula is C15H23IN4O. The molecule has 1 aromatic rings. The minimum Gasteiger partial charge on any atom is -0.347 e. The Morgan fingerprint density at radius 3 is 2.67 bits per heavy atom. The zero-order chi connectivity index (χ0) is 14.4. The molecule has 1 aliphatic heterocycles. The van der Waals surface area contributed by atoms with Gasteiger partial charge in [-0.3, -0.25) is 9.79 Å². The van der Waals surface area contributed by atoms with Gasteiger partial charge in [0.05, 0.1) is 13.1 Å². The Bertz CT molecular complexity index is 478. The maximum atomic E-state index is 12.2. The van der Waals surface area contributed by atoms with E-state index < -0.39 is 0 Å². The Hall–Kier alpha value is -1.31. The van der Waals surface area contributed by atoms with Gasteiger partial charge in [0.25, 0.3) is 0 Å². The molecule has 0 fully saturated rings. The first-order valence-electron chi connectivity index (χ1n) is 7.02. The van der Waals surface area contributed by atoms with Gasteiger partial charge in [-0.1, -0.05) is 30.3 Å². The Balaban J connectivity index is 0.00000220. The SMILES string of the molecule is CCN(Cc1ccccc1)C(=O)CNC1=NCCN1C.I. The molecule has 0 atom stereocenters. The molecule has 0 unspecified atom stereocenters. The van der Waals surface area contributed by atoms with Gasteiger partial charge in [-0.25, -0.2) is 0 Å². The number of amides is 1. The quantitative estimate of drug-likeness (QED) is 0.761. The molecule has 1 amide bonds. The van der Waals surface area contributed by atoms with E-state index in [0.717, 1.165) is 24.6 Å². The van der Waals surface area contributed by atoms with Crippen LogP contribution in [-0.2, 0) is 11.3 Å². The molecule has 0 saturated carbocycles. The Labute approximate surface area is 143 Å². The van der Waals surface area contributed by atoms with E-state index in [1.807, 2.05) is 54.1 Å². The van der Waals surface area contributed by atoms with Gasteiger partial charge >= 0.3 is 0 Å². The predicted octanol–water partition coefficient (Wildman–Crippen LogP) is 1.54. The minimum atomic E-state index is 0. The predicted molar refractivity (Wildman–Crippen MR) is 95.9 cm³/mol. The number of hydrogen-bond donors (Lipinski definition) is 1. The molecule has 1 aromatic carbocycles. The zero-order valence-electron chi connectivity index (χ0n) is 12.6. The highest BCUT2D eigenvalue weighted by Crippen LogP contribution is 2.04. The van der Waals surface area contributed by atoms with Crippen molar-refractivity contribution in [1.29, 1.82) is 0 Å². The van der Waals surface area contributed by atoms with Crippen LogP contribution in [0.3, 0.4) is 0 Å². The van der Waals surface area contributed by atoms with Crippen LogP contribution in [0.4, 0.5) is 0 Å². The number of benzene rings is 1. The third kappa shape index (κ3) is 5.18. The second-order valence-corrected chi connectivity index (χ2v) is 4.87. The van der Waals surface area contributed by atoms with Crippen molar-refractivity contribution in [2.75, 3.05) is 33.2 Å². The van der Waals surface area contributed by atoms with Crippen LogP contribution in [0.15, 0.2) is 35.3 Å². The van der Waals surface area contributed by atoms with E-state index in [-0.39, 0.29) is 29.9 Å². The van der Waals surface area contributed by atoms with Gasteiger partial charge < -0.3 is 15.1 Å². The average Bonchev–Trinajstić information content (AvgIpc) is 2.88. The van der Waals surface area contributed by atoms with Gasteiger partial charge in [-0.05, 0) is 12.5 Å². The lowest BCUT2D eigenvalue weighted by molar-refractivity contribution is -0.130. The van der Waals surface area contributed by atoms with Crippen LogP contribution in [-0.4, -0.2) is 54.9 Å². The van der Waals surface area contributed by atoms with Crippen LogP contribution in [0, 0.1) is 0 Å². The number of halogens is 1. The van der Waals surface area contributed by atoms with Crippen molar-refractivity contribution >= 4 is 35.8 Å². The summed E-state index contributed by atoms with van der Waals surface area (Å²) in [5.41, 5.74) is 1.15. The van der Waals surface area contributed by atoms with E-state index in [2.05, 4.69) is 10.3 Å². The van der Waals surface area contributed by atoms with Crippen molar-refractivity contribution in [3.8, 4) is 0 Å². The number of rotatable bonds is 5. The topological polar surface area (TPSA) is 47.9 Å². The minimum absolute atomic E-state index is 0. The lowest BCUT2D eigenvalue weighted by atomic mass is 10.2. The summed E-state index contributed by atoms with van der Waals surface area (Å²) in [4.78, 5) is 20.4. The molecule has 0 spiro atoms. The molecule has 0 aromatic heterocycles. The van der Waals surface area contributed by atoms with Crippen molar-refractivity contribution in [2.45, 2.75) is 13.5 Å². The van der Waals surface area contributed by atoms with Crippen molar-refractivity contribution < 1.29 is 4.79 Å². The number of aliphatic imine (C=N–C) groups is 1. The first-order valence-corrected chi connectivity index (χ1v) is 7.02. The fourth-order valence-corrected chi connectivity index (χ4v) is 2.17. The molecule has 2 rings (SSSR count).